The van der Waals surface area contributed by atoms with Crippen LogP contribution in [0.1, 0.15) is 43.8 Å². The van der Waals surface area contributed by atoms with Crippen LogP contribution in [0.15, 0.2) is 33.7 Å². The summed E-state index contributed by atoms with van der Waals surface area (Å²) >= 11 is 0. The smallest absolute Gasteiger partial charge is 0.246 e. The van der Waals surface area contributed by atoms with Crippen LogP contribution >= 0.6 is 0 Å². The molecular weight excluding hydrogens is 316 g/mol. The summed E-state index contributed by atoms with van der Waals surface area (Å²) < 4.78 is 38.3. The molecule has 0 saturated carbocycles. The second kappa shape index (κ2) is 6.72. The average Bonchev–Trinajstić information content (AvgIpc) is 2.77. The Hall–Kier alpha value is -1.86. The third kappa shape index (κ3) is 4.11. The van der Waals surface area contributed by atoms with Gasteiger partial charge in [0.25, 0.3) is 0 Å². The summed E-state index contributed by atoms with van der Waals surface area (Å²) in [6.45, 7) is 8.85. The van der Waals surface area contributed by atoms with Gasteiger partial charge in [-0.15, -0.1) is 0 Å². The third-order valence-corrected chi connectivity index (χ3v) is 5.08. The van der Waals surface area contributed by atoms with Gasteiger partial charge in [-0.1, -0.05) is 17.3 Å². The molecule has 23 heavy (non-hydrogen) atoms. The predicted molar refractivity (Wildman–Crippen MR) is 86.9 cm³/mol. The first-order chi connectivity index (χ1) is 10.7. The molecule has 0 amide bonds. The zero-order chi connectivity index (χ0) is 17.2. The van der Waals surface area contributed by atoms with Crippen LogP contribution in [0.2, 0.25) is 0 Å². The number of sulfonamides is 1. The molecule has 126 valence electrons. The second-order valence-corrected chi connectivity index (χ2v) is 7.39. The van der Waals surface area contributed by atoms with Gasteiger partial charge < -0.3 is 9.26 Å². The zero-order valence-electron chi connectivity index (χ0n) is 14.0. The lowest BCUT2D eigenvalue weighted by Crippen LogP contribution is -2.27. The molecule has 1 aromatic heterocycles. The molecule has 6 nitrogen and oxygen atoms in total. The van der Waals surface area contributed by atoms with E-state index < -0.39 is 16.1 Å². The molecule has 0 radical (unpaired) electrons. The molecule has 1 aromatic carbocycles. The maximum absolute atomic E-state index is 12.5. The first-order valence-corrected chi connectivity index (χ1v) is 8.91. The van der Waals surface area contributed by atoms with Crippen molar-refractivity contribution in [2.24, 2.45) is 0 Å². The summed E-state index contributed by atoms with van der Waals surface area (Å²) in [5.74, 6) is 0.986. The van der Waals surface area contributed by atoms with Gasteiger partial charge in [0, 0.05) is 6.04 Å². The highest BCUT2D eigenvalue weighted by atomic mass is 32.2. The van der Waals surface area contributed by atoms with Crippen molar-refractivity contribution >= 4 is 10.0 Å². The fourth-order valence-electron chi connectivity index (χ4n) is 2.35. The van der Waals surface area contributed by atoms with Crippen molar-refractivity contribution in [2.75, 3.05) is 0 Å². The molecular formula is C16H22N2O4S. The van der Waals surface area contributed by atoms with Crippen molar-refractivity contribution in [3.05, 3.63) is 41.3 Å². The Bertz CT molecular complexity index is 762. The van der Waals surface area contributed by atoms with Crippen LogP contribution in [0.3, 0.4) is 0 Å². The Labute approximate surface area is 136 Å². The number of ether oxygens (including phenoxy) is 1. The van der Waals surface area contributed by atoms with E-state index >= 15 is 0 Å². The predicted octanol–water partition coefficient (Wildman–Crippen LogP) is 3.12. The number of hydrogen-bond acceptors (Lipinski definition) is 5. The first kappa shape index (κ1) is 17.5. The monoisotopic (exact) mass is 338 g/mol. The maximum atomic E-state index is 12.5. The normalized spacial score (nSPS) is 13.3. The van der Waals surface area contributed by atoms with Crippen LogP contribution in [0.25, 0.3) is 0 Å². The molecule has 0 saturated heterocycles. The Morgan fingerprint density at radius 2 is 1.91 bits per heavy atom. The van der Waals surface area contributed by atoms with Crippen molar-refractivity contribution in [2.45, 2.75) is 51.7 Å². The van der Waals surface area contributed by atoms with Crippen LogP contribution in [0.5, 0.6) is 5.75 Å². The fourth-order valence-corrected chi connectivity index (χ4v) is 3.91. The molecule has 1 heterocycles. The molecule has 0 unspecified atom stereocenters. The Kier molecular flexibility index (Phi) is 5.11. The molecule has 7 heteroatoms. The number of hydrogen-bond donors (Lipinski definition) is 1. The van der Waals surface area contributed by atoms with Gasteiger partial charge in [-0.25, -0.2) is 13.1 Å². The number of aryl methyl sites for hydroxylation is 2. The summed E-state index contributed by atoms with van der Waals surface area (Å²) in [4.78, 5) is 0.0962. The van der Waals surface area contributed by atoms with E-state index in [0.717, 1.165) is 5.56 Å². The third-order valence-electron chi connectivity index (χ3n) is 3.30. The van der Waals surface area contributed by atoms with Gasteiger partial charge in [0.15, 0.2) is 5.76 Å². The van der Waals surface area contributed by atoms with E-state index in [9.17, 15) is 8.42 Å². The number of nitrogens with zero attached hydrogens (tertiary/aromatic N) is 1. The van der Waals surface area contributed by atoms with E-state index in [-0.39, 0.29) is 16.8 Å². The van der Waals surface area contributed by atoms with Gasteiger partial charge in [0.2, 0.25) is 10.0 Å². The highest BCUT2D eigenvalue weighted by Crippen LogP contribution is 2.24. The van der Waals surface area contributed by atoms with Gasteiger partial charge >= 0.3 is 0 Å². The molecule has 1 atom stereocenters. The van der Waals surface area contributed by atoms with Crippen LogP contribution in [0, 0.1) is 13.8 Å². The highest BCUT2D eigenvalue weighted by Gasteiger charge is 2.26. The molecule has 0 aliphatic heterocycles. The highest BCUT2D eigenvalue weighted by molar-refractivity contribution is 7.89. The van der Waals surface area contributed by atoms with E-state index in [1.807, 2.05) is 38.1 Å². The number of benzene rings is 1. The summed E-state index contributed by atoms with van der Waals surface area (Å²) in [5.41, 5.74) is 1.16. The van der Waals surface area contributed by atoms with E-state index in [1.165, 1.54) is 0 Å². The van der Waals surface area contributed by atoms with Gasteiger partial charge in [-0.05, 0) is 52.3 Å². The molecule has 0 fully saturated rings. The van der Waals surface area contributed by atoms with Crippen molar-refractivity contribution in [1.82, 2.24) is 9.88 Å². The Balaban J connectivity index is 2.23. The van der Waals surface area contributed by atoms with Crippen LogP contribution in [0.4, 0.5) is 0 Å². The van der Waals surface area contributed by atoms with E-state index in [4.69, 9.17) is 9.26 Å². The summed E-state index contributed by atoms with van der Waals surface area (Å²) in [6.07, 6.45) is 0.0551. The lowest BCUT2D eigenvalue weighted by molar-refractivity contribution is 0.242. The van der Waals surface area contributed by atoms with E-state index in [1.54, 1.807) is 20.8 Å². The number of rotatable bonds is 6. The van der Waals surface area contributed by atoms with Crippen LogP contribution in [-0.4, -0.2) is 19.7 Å². The topological polar surface area (TPSA) is 81.4 Å². The maximum Gasteiger partial charge on any atom is 0.246 e. The summed E-state index contributed by atoms with van der Waals surface area (Å²) in [6, 6.07) is 6.96. The van der Waals surface area contributed by atoms with Crippen molar-refractivity contribution in [3.63, 3.8) is 0 Å². The van der Waals surface area contributed by atoms with Crippen LogP contribution in [-0.2, 0) is 10.0 Å². The fraction of sp³-hybridized carbons (Fsp3) is 0.438. The standard InChI is InChI=1S/C16H22N2O4S/c1-10(2)21-15-8-6-7-14(9-15)11(3)18-23(19,20)16-12(4)17-22-13(16)5/h6-11,18H,1-5H3/t11-/m1/s1. The zero-order valence-corrected chi connectivity index (χ0v) is 14.8. The second-order valence-electron chi connectivity index (χ2n) is 5.74. The lowest BCUT2D eigenvalue weighted by Gasteiger charge is -2.16. The van der Waals surface area contributed by atoms with Crippen molar-refractivity contribution < 1.29 is 17.7 Å². The number of aromatic nitrogens is 1. The minimum absolute atomic E-state index is 0.0551. The summed E-state index contributed by atoms with van der Waals surface area (Å²) in [7, 11) is -3.71. The lowest BCUT2D eigenvalue weighted by atomic mass is 10.1. The van der Waals surface area contributed by atoms with Gasteiger partial charge in [-0.2, -0.15) is 0 Å². The molecule has 2 aromatic rings. The van der Waals surface area contributed by atoms with Crippen LogP contribution < -0.4 is 9.46 Å². The van der Waals surface area contributed by atoms with E-state index in [0.29, 0.717) is 11.4 Å². The molecule has 0 bridgehead atoms. The minimum Gasteiger partial charge on any atom is -0.491 e. The minimum atomic E-state index is -3.71. The molecule has 0 aliphatic rings. The molecule has 0 spiro atoms. The summed E-state index contributed by atoms with van der Waals surface area (Å²) in [5, 5.41) is 3.70. The van der Waals surface area contributed by atoms with Gasteiger partial charge in [-0.3, -0.25) is 0 Å². The van der Waals surface area contributed by atoms with Gasteiger partial charge in [0.05, 0.1) is 6.10 Å². The Morgan fingerprint density at radius 3 is 2.48 bits per heavy atom. The van der Waals surface area contributed by atoms with E-state index in [2.05, 4.69) is 9.88 Å². The molecule has 0 aliphatic carbocycles. The molecule has 1 N–H and O–H groups in total. The SMILES string of the molecule is Cc1noc(C)c1S(=O)(=O)N[C@H](C)c1cccc(OC(C)C)c1. The van der Waals surface area contributed by atoms with Gasteiger partial charge in [0.1, 0.15) is 16.3 Å². The quantitative estimate of drug-likeness (QED) is 0.875. The Morgan fingerprint density at radius 1 is 1.22 bits per heavy atom. The molecule has 2 rings (SSSR count). The average molecular weight is 338 g/mol. The van der Waals surface area contributed by atoms with Crippen molar-refractivity contribution in [3.8, 4) is 5.75 Å². The number of nitrogens with one attached hydrogen (secondary N) is 1. The first-order valence-electron chi connectivity index (χ1n) is 7.42. The van der Waals surface area contributed by atoms with Crippen molar-refractivity contribution in [1.29, 1.82) is 0 Å². The largest absolute Gasteiger partial charge is 0.491 e.